The summed E-state index contributed by atoms with van der Waals surface area (Å²) in [7, 11) is 0. The molecule has 0 bridgehead atoms. The van der Waals surface area contributed by atoms with Crippen LogP contribution in [-0.4, -0.2) is 23.0 Å². The van der Waals surface area contributed by atoms with Gasteiger partial charge in [-0.25, -0.2) is 0 Å². The van der Waals surface area contributed by atoms with E-state index in [9.17, 15) is 8.78 Å². The Kier molecular flexibility index (Phi) is 3.21. The highest BCUT2D eigenvalue weighted by atomic mass is 19.3. The molecule has 0 aromatic carbocycles. The van der Waals surface area contributed by atoms with E-state index in [-0.39, 0.29) is 6.61 Å². The molecular weight excluding hydrogens is 190 g/mol. The summed E-state index contributed by atoms with van der Waals surface area (Å²) in [5.41, 5.74) is 0.445. The second-order valence-electron chi connectivity index (χ2n) is 3.85. The summed E-state index contributed by atoms with van der Waals surface area (Å²) in [4.78, 5) is 0. The molecule has 0 saturated carbocycles. The van der Waals surface area contributed by atoms with E-state index in [1.807, 2.05) is 6.92 Å². The first kappa shape index (κ1) is 11.1. The van der Waals surface area contributed by atoms with Crippen LogP contribution in [0, 0.1) is 6.92 Å². The maximum atomic E-state index is 11.8. The van der Waals surface area contributed by atoms with E-state index in [0.29, 0.717) is 0 Å². The van der Waals surface area contributed by atoms with Crippen molar-refractivity contribution in [2.24, 2.45) is 0 Å². The van der Waals surface area contributed by atoms with Gasteiger partial charge in [0.1, 0.15) is 0 Å². The van der Waals surface area contributed by atoms with Crippen molar-refractivity contribution < 1.29 is 13.5 Å². The Balaban J connectivity index is 2.65. The minimum Gasteiger partial charge on any atom is -0.320 e. The number of ether oxygens (including phenoxy) is 1. The Hall–Kier alpha value is -0.970. The molecule has 5 heteroatoms. The molecule has 0 aliphatic heterocycles. The van der Waals surface area contributed by atoms with E-state index in [1.165, 1.54) is 0 Å². The Morgan fingerprint density at radius 2 is 2.21 bits per heavy atom. The fourth-order valence-corrected chi connectivity index (χ4v) is 1.08. The number of hydrogen-bond donors (Lipinski definition) is 0. The normalized spacial score (nSPS) is 12.4. The number of aromatic nitrogens is 2. The van der Waals surface area contributed by atoms with E-state index in [0.717, 1.165) is 5.56 Å². The second-order valence-corrected chi connectivity index (χ2v) is 3.85. The molecule has 0 amide bonds. The standard InChI is InChI=1S/C9H14F2N2O/c1-7-4-12-13(5-7)9(2,3)6-14-8(10)11/h4-5,8H,6H2,1-3H3. The third-order valence-electron chi connectivity index (χ3n) is 1.89. The highest BCUT2D eigenvalue weighted by Gasteiger charge is 2.23. The minimum absolute atomic E-state index is 0.0637. The number of nitrogens with zero attached hydrogens (tertiary/aromatic N) is 2. The molecule has 1 aromatic heterocycles. The molecule has 0 radical (unpaired) electrons. The van der Waals surface area contributed by atoms with Gasteiger partial charge in [-0.2, -0.15) is 13.9 Å². The van der Waals surface area contributed by atoms with Crippen LogP contribution < -0.4 is 0 Å². The first-order chi connectivity index (χ1) is 6.42. The van der Waals surface area contributed by atoms with E-state index in [4.69, 9.17) is 0 Å². The molecule has 14 heavy (non-hydrogen) atoms. The average Bonchev–Trinajstić information content (AvgIpc) is 2.49. The Bertz CT molecular complexity index is 297. The Morgan fingerprint density at radius 1 is 1.57 bits per heavy atom. The third kappa shape index (κ3) is 2.77. The number of rotatable bonds is 4. The molecule has 0 spiro atoms. The van der Waals surface area contributed by atoms with Crippen LogP contribution in [0.2, 0.25) is 0 Å². The monoisotopic (exact) mass is 204 g/mol. The topological polar surface area (TPSA) is 27.1 Å². The largest absolute Gasteiger partial charge is 0.345 e. The number of halogens is 2. The summed E-state index contributed by atoms with van der Waals surface area (Å²) in [6, 6.07) is 0. The molecule has 1 aromatic rings. The highest BCUT2D eigenvalue weighted by molar-refractivity contribution is 5.01. The predicted octanol–water partition coefficient (Wildman–Crippen LogP) is 2.17. The zero-order valence-electron chi connectivity index (χ0n) is 8.50. The maximum Gasteiger partial charge on any atom is 0.345 e. The summed E-state index contributed by atoms with van der Waals surface area (Å²) in [5, 5.41) is 4.06. The fraction of sp³-hybridized carbons (Fsp3) is 0.667. The quantitative estimate of drug-likeness (QED) is 0.751. The zero-order chi connectivity index (χ0) is 10.8. The van der Waals surface area contributed by atoms with Gasteiger partial charge in [0, 0.05) is 6.20 Å². The lowest BCUT2D eigenvalue weighted by atomic mass is 10.1. The van der Waals surface area contributed by atoms with Crippen LogP contribution in [0.1, 0.15) is 19.4 Å². The Morgan fingerprint density at radius 3 is 2.64 bits per heavy atom. The van der Waals surface area contributed by atoms with Crippen molar-refractivity contribution >= 4 is 0 Å². The van der Waals surface area contributed by atoms with Crippen LogP contribution in [0.15, 0.2) is 12.4 Å². The van der Waals surface area contributed by atoms with Gasteiger partial charge in [-0.3, -0.25) is 4.68 Å². The SMILES string of the molecule is Cc1cnn(C(C)(C)COC(F)F)c1. The molecule has 0 atom stereocenters. The van der Waals surface area contributed by atoms with E-state index in [1.54, 1.807) is 30.9 Å². The van der Waals surface area contributed by atoms with Gasteiger partial charge >= 0.3 is 6.61 Å². The third-order valence-corrected chi connectivity index (χ3v) is 1.89. The van der Waals surface area contributed by atoms with Gasteiger partial charge in [-0.15, -0.1) is 0 Å². The molecule has 1 rings (SSSR count). The van der Waals surface area contributed by atoms with Crippen molar-refractivity contribution in [1.82, 2.24) is 9.78 Å². The highest BCUT2D eigenvalue weighted by Crippen LogP contribution is 2.16. The average molecular weight is 204 g/mol. The van der Waals surface area contributed by atoms with Gasteiger partial charge in [-0.05, 0) is 26.3 Å². The van der Waals surface area contributed by atoms with Crippen molar-refractivity contribution in [3.63, 3.8) is 0 Å². The molecule has 0 saturated heterocycles. The summed E-state index contributed by atoms with van der Waals surface area (Å²) in [6.07, 6.45) is 3.49. The van der Waals surface area contributed by atoms with Crippen LogP contribution in [0.5, 0.6) is 0 Å². The van der Waals surface area contributed by atoms with Crippen molar-refractivity contribution in [3.05, 3.63) is 18.0 Å². The van der Waals surface area contributed by atoms with Crippen LogP contribution in [0.4, 0.5) is 8.78 Å². The number of alkyl halides is 2. The van der Waals surface area contributed by atoms with Crippen molar-refractivity contribution in [1.29, 1.82) is 0 Å². The molecule has 1 heterocycles. The molecule has 80 valence electrons. The van der Waals surface area contributed by atoms with Gasteiger partial charge in [0.25, 0.3) is 0 Å². The minimum atomic E-state index is -2.73. The van der Waals surface area contributed by atoms with E-state index in [2.05, 4.69) is 9.84 Å². The molecule has 0 aliphatic carbocycles. The molecule has 0 aliphatic rings. The lowest BCUT2D eigenvalue weighted by Crippen LogP contribution is -2.33. The lowest BCUT2D eigenvalue weighted by Gasteiger charge is -2.24. The summed E-state index contributed by atoms with van der Waals surface area (Å²) in [5.74, 6) is 0. The number of aryl methyl sites for hydroxylation is 1. The first-order valence-electron chi connectivity index (χ1n) is 4.33. The summed E-state index contributed by atoms with van der Waals surface area (Å²) in [6.45, 7) is 2.69. The molecule has 0 N–H and O–H groups in total. The van der Waals surface area contributed by atoms with Crippen LogP contribution in [0.3, 0.4) is 0 Å². The van der Waals surface area contributed by atoms with Crippen LogP contribution in [0.25, 0.3) is 0 Å². The van der Waals surface area contributed by atoms with Crippen LogP contribution >= 0.6 is 0 Å². The molecule has 3 nitrogen and oxygen atoms in total. The first-order valence-corrected chi connectivity index (χ1v) is 4.33. The van der Waals surface area contributed by atoms with Gasteiger partial charge in [-0.1, -0.05) is 0 Å². The Labute approximate surface area is 81.7 Å². The van der Waals surface area contributed by atoms with E-state index >= 15 is 0 Å². The van der Waals surface area contributed by atoms with Gasteiger partial charge in [0.15, 0.2) is 0 Å². The smallest absolute Gasteiger partial charge is 0.320 e. The van der Waals surface area contributed by atoms with Gasteiger partial charge < -0.3 is 4.74 Å². The maximum absolute atomic E-state index is 11.8. The molecule has 0 fully saturated rings. The second kappa shape index (κ2) is 4.04. The number of hydrogen-bond acceptors (Lipinski definition) is 2. The van der Waals surface area contributed by atoms with Gasteiger partial charge in [0.2, 0.25) is 0 Å². The molecular formula is C9H14F2N2O. The fourth-order valence-electron chi connectivity index (χ4n) is 1.08. The van der Waals surface area contributed by atoms with E-state index < -0.39 is 12.2 Å². The lowest BCUT2D eigenvalue weighted by molar-refractivity contribution is -0.146. The zero-order valence-corrected chi connectivity index (χ0v) is 8.50. The van der Waals surface area contributed by atoms with Crippen molar-refractivity contribution in [2.45, 2.75) is 32.9 Å². The van der Waals surface area contributed by atoms with Crippen LogP contribution in [-0.2, 0) is 10.3 Å². The van der Waals surface area contributed by atoms with Crippen molar-refractivity contribution in [2.75, 3.05) is 6.61 Å². The summed E-state index contributed by atoms with van der Waals surface area (Å²) < 4.78 is 29.6. The van der Waals surface area contributed by atoms with Gasteiger partial charge in [0.05, 0.1) is 18.3 Å². The molecule has 0 unspecified atom stereocenters. The predicted molar refractivity (Wildman–Crippen MR) is 48.2 cm³/mol. The van der Waals surface area contributed by atoms with Crippen molar-refractivity contribution in [3.8, 4) is 0 Å². The summed E-state index contributed by atoms with van der Waals surface area (Å²) >= 11 is 0.